The number of halogens is 2. The van der Waals surface area contributed by atoms with Gasteiger partial charge >= 0.3 is 11.9 Å². The number of carboxylic acids is 1. The molecule has 6 heteroatoms. The van der Waals surface area contributed by atoms with Crippen molar-refractivity contribution in [2.45, 2.75) is 6.92 Å². The standard InChI is InChI=1S/C6H6Cl2O4/c1-2-12-6(11)4(8)3(7)5(9)10/h2H2,1H3,(H,9,10). The van der Waals surface area contributed by atoms with Gasteiger partial charge in [-0.25, -0.2) is 9.59 Å². The molecule has 0 radical (unpaired) electrons. The van der Waals surface area contributed by atoms with Gasteiger partial charge in [0, 0.05) is 0 Å². The Labute approximate surface area is 78.7 Å². The van der Waals surface area contributed by atoms with Crippen LogP contribution >= 0.6 is 23.2 Å². The first-order chi connectivity index (χ1) is 5.50. The zero-order chi connectivity index (χ0) is 9.72. The Kier molecular flexibility index (Phi) is 4.70. The summed E-state index contributed by atoms with van der Waals surface area (Å²) in [4.78, 5) is 20.9. The summed E-state index contributed by atoms with van der Waals surface area (Å²) in [6.45, 7) is 1.68. The molecule has 4 nitrogen and oxygen atoms in total. The van der Waals surface area contributed by atoms with E-state index in [-0.39, 0.29) is 6.61 Å². The fraction of sp³-hybridized carbons (Fsp3) is 0.333. The molecule has 68 valence electrons. The molecule has 0 heterocycles. The topological polar surface area (TPSA) is 63.6 Å². The van der Waals surface area contributed by atoms with Gasteiger partial charge in [-0.15, -0.1) is 0 Å². The van der Waals surface area contributed by atoms with Gasteiger partial charge in [-0.3, -0.25) is 0 Å². The van der Waals surface area contributed by atoms with Crippen LogP contribution in [0.15, 0.2) is 10.1 Å². The van der Waals surface area contributed by atoms with Gasteiger partial charge in [0.1, 0.15) is 0 Å². The van der Waals surface area contributed by atoms with Crippen molar-refractivity contribution in [2.75, 3.05) is 6.61 Å². The van der Waals surface area contributed by atoms with E-state index in [1.54, 1.807) is 6.92 Å². The zero-order valence-corrected chi connectivity index (χ0v) is 7.65. The van der Waals surface area contributed by atoms with Gasteiger partial charge in [-0.1, -0.05) is 23.2 Å². The largest absolute Gasteiger partial charge is 0.477 e. The third kappa shape index (κ3) is 3.11. The van der Waals surface area contributed by atoms with Crippen LogP contribution < -0.4 is 0 Å². The van der Waals surface area contributed by atoms with Crippen LogP contribution in [0.4, 0.5) is 0 Å². The van der Waals surface area contributed by atoms with Crippen LogP contribution in [0.3, 0.4) is 0 Å². The Balaban J connectivity index is 4.55. The van der Waals surface area contributed by atoms with Crippen molar-refractivity contribution in [3.05, 3.63) is 10.1 Å². The van der Waals surface area contributed by atoms with E-state index in [2.05, 4.69) is 4.74 Å². The highest BCUT2D eigenvalue weighted by Crippen LogP contribution is 2.15. The van der Waals surface area contributed by atoms with Gasteiger partial charge in [0.2, 0.25) is 0 Å². The van der Waals surface area contributed by atoms with E-state index in [1.807, 2.05) is 0 Å². The van der Waals surface area contributed by atoms with E-state index in [4.69, 9.17) is 28.3 Å². The van der Waals surface area contributed by atoms with Crippen molar-refractivity contribution in [1.29, 1.82) is 0 Å². The lowest BCUT2D eigenvalue weighted by Gasteiger charge is -1.99. The molecule has 0 aliphatic rings. The average Bonchev–Trinajstić information content (AvgIpc) is 2.02. The van der Waals surface area contributed by atoms with E-state index >= 15 is 0 Å². The van der Waals surface area contributed by atoms with Gasteiger partial charge < -0.3 is 9.84 Å². The summed E-state index contributed by atoms with van der Waals surface area (Å²) in [5.74, 6) is -2.40. The number of esters is 1. The molecule has 0 bridgehead atoms. The summed E-state index contributed by atoms with van der Waals surface area (Å²) < 4.78 is 4.40. The fourth-order valence-electron chi connectivity index (χ4n) is 0.378. The third-order valence-electron chi connectivity index (χ3n) is 0.835. The molecule has 0 aromatic carbocycles. The summed E-state index contributed by atoms with van der Waals surface area (Å²) in [5, 5.41) is 6.93. The average molecular weight is 213 g/mol. The molecule has 0 aromatic rings. The molecule has 0 unspecified atom stereocenters. The maximum atomic E-state index is 10.7. The summed E-state index contributed by atoms with van der Waals surface area (Å²) in [5.41, 5.74) is 0. The van der Waals surface area contributed by atoms with Crippen LogP contribution in [0.1, 0.15) is 6.92 Å². The lowest BCUT2D eigenvalue weighted by atomic mass is 10.5. The molecule has 0 saturated carbocycles. The molecular weight excluding hydrogens is 207 g/mol. The quantitative estimate of drug-likeness (QED) is 0.567. The van der Waals surface area contributed by atoms with Gasteiger partial charge in [0.25, 0.3) is 0 Å². The number of carbonyl (C=O) groups is 2. The van der Waals surface area contributed by atoms with Crippen LogP contribution in [-0.2, 0) is 14.3 Å². The highest BCUT2D eigenvalue weighted by atomic mass is 35.5. The molecular formula is C6H6Cl2O4. The van der Waals surface area contributed by atoms with Gasteiger partial charge in [0.15, 0.2) is 10.1 Å². The van der Waals surface area contributed by atoms with Crippen LogP contribution in [0, 0.1) is 0 Å². The highest BCUT2D eigenvalue weighted by Gasteiger charge is 2.17. The predicted octanol–water partition coefficient (Wildman–Crippen LogP) is 1.32. The Morgan fingerprint density at radius 2 is 1.83 bits per heavy atom. The molecule has 0 aromatic heterocycles. The van der Waals surface area contributed by atoms with E-state index < -0.39 is 22.0 Å². The molecule has 0 aliphatic heterocycles. The smallest absolute Gasteiger partial charge is 0.351 e. The number of rotatable bonds is 3. The van der Waals surface area contributed by atoms with E-state index in [9.17, 15) is 9.59 Å². The van der Waals surface area contributed by atoms with Crippen molar-refractivity contribution in [1.82, 2.24) is 0 Å². The van der Waals surface area contributed by atoms with Crippen LogP contribution in [-0.4, -0.2) is 23.7 Å². The molecule has 0 saturated heterocycles. The van der Waals surface area contributed by atoms with Crippen molar-refractivity contribution in [3.63, 3.8) is 0 Å². The zero-order valence-electron chi connectivity index (χ0n) is 6.13. The maximum Gasteiger partial charge on any atom is 0.351 e. The lowest BCUT2D eigenvalue weighted by molar-refractivity contribution is -0.138. The first-order valence-corrected chi connectivity index (χ1v) is 3.72. The van der Waals surface area contributed by atoms with Crippen molar-refractivity contribution >= 4 is 35.1 Å². The molecule has 0 rings (SSSR count). The first-order valence-electron chi connectivity index (χ1n) is 2.96. The SMILES string of the molecule is CCOC(=O)C(Cl)=C(Cl)C(=O)O. The number of carboxylic acid groups (broad SMARTS) is 1. The Morgan fingerprint density at radius 1 is 1.33 bits per heavy atom. The predicted molar refractivity (Wildman–Crippen MR) is 43.0 cm³/mol. The summed E-state index contributed by atoms with van der Waals surface area (Å²) in [7, 11) is 0. The second-order valence-electron chi connectivity index (χ2n) is 1.65. The second kappa shape index (κ2) is 5.00. The van der Waals surface area contributed by atoms with Crippen molar-refractivity contribution in [2.24, 2.45) is 0 Å². The van der Waals surface area contributed by atoms with Crippen LogP contribution in [0.5, 0.6) is 0 Å². The van der Waals surface area contributed by atoms with Crippen molar-refractivity contribution in [3.8, 4) is 0 Å². The number of ether oxygens (including phenoxy) is 1. The molecule has 1 N–H and O–H groups in total. The van der Waals surface area contributed by atoms with E-state index in [0.29, 0.717) is 0 Å². The second-order valence-corrected chi connectivity index (χ2v) is 2.41. The first kappa shape index (κ1) is 11.3. The van der Waals surface area contributed by atoms with Gasteiger partial charge in [-0.2, -0.15) is 0 Å². The molecule has 0 aliphatic carbocycles. The Hall–Kier alpha value is -0.740. The molecule has 0 spiro atoms. The number of hydrogen-bond donors (Lipinski definition) is 1. The van der Waals surface area contributed by atoms with Gasteiger partial charge in [-0.05, 0) is 6.92 Å². The van der Waals surface area contributed by atoms with Crippen molar-refractivity contribution < 1.29 is 19.4 Å². The minimum Gasteiger partial charge on any atom is -0.477 e. The monoisotopic (exact) mass is 212 g/mol. The number of hydrogen-bond acceptors (Lipinski definition) is 3. The van der Waals surface area contributed by atoms with Crippen LogP contribution in [0.2, 0.25) is 0 Å². The Morgan fingerprint density at radius 3 is 2.17 bits per heavy atom. The minimum absolute atomic E-state index is 0.110. The Bertz CT molecular complexity index is 234. The molecule has 0 fully saturated rings. The lowest BCUT2D eigenvalue weighted by Crippen LogP contribution is -2.08. The minimum atomic E-state index is -1.46. The number of carbonyl (C=O) groups excluding carboxylic acids is 1. The summed E-state index contributed by atoms with van der Waals surface area (Å²) in [6.07, 6.45) is 0. The number of aliphatic carboxylic acids is 1. The highest BCUT2D eigenvalue weighted by molar-refractivity contribution is 6.52. The summed E-state index contributed by atoms with van der Waals surface area (Å²) >= 11 is 10.4. The van der Waals surface area contributed by atoms with Gasteiger partial charge in [0.05, 0.1) is 6.61 Å². The third-order valence-corrected chi connectivity index (χ3v) is 1.63. The van der Waals surface area contributed by atoms with E-state index in [1.165, 1.54) is 0 Å². The normalized spacial score (nSPS) is 11.9. The fourth-order valence-corrected chi connectivity index (χ4v) is 0.590. The molecule has 0 amide bonds. The molecule has 12 heavy (non-hydrogen) atoms. The molecule has 0 atom stereocenters. The summed E-state index contributed by atoms with van der Waals surface area (Å²) in [6, 6.07) is 0. The maximum absolute atomic E-state index is 10.7. The van der Waals surface area contributed by atoms with Crippen LogP contribution in [0.25, 0.3) is 0 Å². The van der Waals surface area contributed by atoms with E-state index in [0.717, 1.165) is 0 Å².